The molecule has 0 amide bonds. The maximum absolute atomic E-state index is 9.97. The van der Waals surface area contributed by atoms with Crippen molar-refractivity contribution in [3.63, 3.8) is 0 Å². The molecule has 0 aliphatic heterocycles. The quantitative estimate of drug-likeness (QED) is 0.746. The summed E-state index contributed by atoms with van der Waals surface area (Å²) in [6.45, 7) is 2.15. The Morgan fingerprint density at radius 2 is 2.22 bits per heavy atom. The van der Waals surface area contributed by atoms with Crippen LogP contribution < -0.4 is 4.74 Å². The number of hydrogen-bond acceptors (Lipinski definition) is 4. The first-order valence-electron chi connectivity index (χ1n) is 7.61. The molecule has 3 aromatic rings. The van der Waals surface area contributed by atoms with Gasteiger partial charge in [-0.2, -0.15) is 0 Å². The van der Waals surface area contributed by atoms with Crippen LogP contribution in [-0.2, 0) is 6.42 Å². The number of aryl methyl sites for hydroxylation is 1. The Hall–Kier alpha value is -2.69. The Morgan fingerprint density at radius 3 is 2.91 bits per heavy atom. The van der Waals surface area contributed by atoms with E-state index in [-0.39, 0.29) is 11.8 Å². The number of rotatable bonds is 6. The SMILES string of the molecule is COc1ccc(-c2nccn2[C@H](C)CCc2ccco2)cc1O. The predicted molar refractivity (Wildman–Crippen MR) is 87.6 cm³/mol. The van der Waals surface area contributed by atoms with E-state index in [4.69, 9.17) is 9.15 Å². The maximum Gasteiger partial charge on any atom is 0.160 e. The van der Waals surface area contributed by atoms with Crippen molar-refractivity contribution in [2.45, 2.75) is 25.8 Å². The number of imidazole rings is 1. The van der Waals surface area contributed by atoms with Gasteiger partial charge < -0.3 is 18.8 Å². The van der Waals surface area contributed by atoms with E-state index in [0.717, 1.165) is 30.0 Å². The van der Waals surface area contributed by atoms with Gasteiger partial charge in [0.15, 0.2) is 11.5 Å². The van der Waals surface area contributed by atoms with Crippen molar-refractivity contribution in [1.82, 2.24) is 9.55 Å². The summed E-state index contributed by atoms with van der Waals surface area (Å²) in [5, 5.41) is 9.97. The first kappa shape index (κ1) is 15.2. The normalized spacial score (nSPS) is 12.3. The smallest absolute Gasteiger partial charge is 0.160 e. The molecule has 3 rings (SSSR count). The second kappa shape index (κ2) is 6.60. The molecule has 0 bridgehead atoms. The number of furan rings is 1. The van der Waals surface area contributed by atoms with Crippen LogP contribution in [0.2, 0.25) is 0 Å². The van der Waals surface area contributed by atoms with Gasteiger partial charge in [0.05, 0.1) is 13.4 Å². The van der Waals surface area contributed by atoms with Crippen LogP contribution in [0.15, 0.2) is 53.4 Å². The zero-order valence-electron chi connectivity index (χ0n) is 13.3. The molecule has 0 spiro atoms. The Bertz CT molecular complexity index is 762. The molecule has 23 heavy (non-hydrogen) atoms. The number of phenols is 1. The number of aromatic nitrogens is 2. The predicted octanol–water partition coefficient (Wildman–Crippen LogP) is 4.05. The van der Waals surface area contributed by atoms with E-state index in [9.17, 15) is 5.11 Å². The van der Waals surface area contributed by atoms with Gasteiger partial charge in [-0.3, -0.25) is 0 Å². The lowest BCUT2D eigenvalue weighted by molar-refractivity contribution is 0.373. The van der Waals surface area contributed by atoms with E-state index < -0.39 is 0 Å². The third-order valence-corrected chi connectivity index (χ3v) is 3.97. The maximum atomic E-state index is 9.97. The first-order valence-corrected chi connectivity index (χ1v) is 7.61. The fourth-order valence-corrected chi connectivity index (χ4v) is 2.67. The fraction of sp³-hybridized carbons (Fsp3) is 0.278. The second-order valence-electron chi connectivity index (χ2n) is 5.51. The van der Waals surface area contributed by atoms with Crippen LogP contribution in [-0.4, -0.2) is 21.8 Å². The third-order valence-electron chi connectivity index (χ3n) is 3.97. The summed E-state index contributed by atoms with van der Waals surface area (Å²) in [4.78, 5) is 4.44. The van der Waals surface area contributed by atoms with E-state index in [1.165, 1.54) is 7.11 Å². The Kier molecular flexibility index (Phi) is 4.37. The topological polar surface area (TPSA) is 60.4 Å². The molecule has 0 radical (unpaired) electrons. The van der Waals surface area contributed by atoms with Crippen molar-refractivity contribution in [3.8, 4) is 22.9 Å². The van der Waals surface area contributed by atoms with Crippen LogP contribution in [0.3, 0.4) is 0 Å². The standard InChI is InChI=1S/C18H20N2O3/c1-13(5-7-15-4-3-11-23-15)20-10-9-19-18(20)14-6-8-17(22-2)16(21)12-14/h3-4,6,8-13,21H,5,7H2,1-2H3/t13-/m1/s1. The van der Waals surface area contributed by atoms with Gasteiger partial charge in [0.25, 0.3) is 0 Å². The van der Waals surface area contributed by atoms with E-state index >= 15 is 0 Å². The number of aromatic hydroxyl groups is 1. The van der Waals surface area contributed by atoms with Crippen molar-refractivity contribution in [2.24, 2.45) is 0 Å². The average molecular weight is 312 g/mol. The van der Waals surface area contributed by atoms with Gasteiger partial charge in [0.2, 0.25) is 0 Å². The molecule has 5 heteroatoms. The second-order valence-corrected chi connectivity index (χ2v) is 5.51. The zero-order chi connectivity index (χ0) is 16.2. The Balaban J connectivity index is 1.80. The lowest BCUT2D eigenvalue weighted by Crippen LogP contribution is -2.07. The highest BCUT2D eigenvalue weighted by atomic mass is 16.5. The highest BCUT2D eigenvalue weighted by Gasteiger charge is 2.14. The van der Waals surface area contributed by atoms with Gasteiger partial charge in [0, 0.05) is 30.4 Å². The molecule has 1 N–H and O–H groups in total. The lowest BCUT2D eigenvalue weighted by atomic mass is 10.1. The number of ether oxygens (including phenoxy) is 1. The number of hydrogen-bond donors (Lipinski definition) is 1. The van der Waals surface area contributed by atoms with Crippen molar-refractivity contribution in [2.75, 3.05) is 7.11 Å². The summed E-state index contributed by atoms with van der Waals surface area (Å²) in [6.07, 6.45) is 7.25. The largest absolute Gasteiger partial charge is 0.504 e. The molecule has 0 unspecified atom stereocenters. The summed E-state index contributed by atoms with van der Waals surface area (Å²) in [6, 6.07) is 9.48. The number of methoxy groups -OCH3 is 1. The Labute approximate surface area is 135 Å². The van der Waals surface area contributed by atoms with Crippen molar-refractivity contribution < 1.29 is 14.3 Å². The van der Waals surface area contributed by atoms with E-state index in [1.54, 1.807) is 24.6 Å². The molecule has 0 aliphatic carbocycles. The Morgan fingerprint density at radius 1 is 1.35 bits per heavy atom. The minimum absolute atomic E-state index is 0.114. The fourth-order valence-electron chi connectivity index (χ4n) is 2.67. The minimum atomic E-state index is 0.114. The molecule has 5 nitrogen and oxygen atoms in total. The highest BCUT2D eigenvalue weighted by Crippen LogP contribution is 2.32. The molecule has 0 aliphatic rings. The molecule has 1 atom stereocenters. The third kappa shape index (κ3) is 3.23. The van der Waals surface area contributed by atoms with Crippen LogP contribution in [0.25, 0.3) is 11.4 Å². The minimum Gasteiger partial charge on any atom is -0.504 e. The van der Waals surface area contributed by atoms with Crippen molar-refractivity contribution in [1.29, 1.82) is 0 Å². The molecule has 0 saturated carbocycles. The van der Waals surface area contributed by atoms with E-state index in [2.05, 4.69) is 16.5 Å². The average Bonchev–Trinajstić information content (AvgIpc) is 3.24. The van der Waals surface area contributed by atoms with Crippen LogP contribution in [0.5, 0.6) is 11.5 Å². The van der Waals surface area contributed by atoms with Gasteiger partial charge in [-0.05, 0) is 43.7 Å². The van der Waals surface area contributed by atoms with Crippen LogP contribution in [0.1, 0.15) is 25.1 Å². The monoisotopic (exact) mass is 312 g/mol. The molecule has 0 saturated heterocycles. The summed E-state index contributed by atoms with van der Waals surface area (Å²) < 4.78 is 12.6. The van der Waals surface area contributed by atoms with Crippen LogP contribution in [0, 0.1) is 0 Å². The summed E-state index contributed by atoms with van der Waals surface area (Å²) in [5.41, 5.74) is 0.859. The summed E-state index contributed by atoms with van der Waals surface area (Å²) in [7, 11) is 1.53. The molecule has 120 valence electrons. The van der Waals surface area contributed by atoms with E-state index in [1.807, 2.05) is 24.4 Å². The number of nitrogens with zero attached hydrogens (tertiary/aromatic N) is 2. The molecule has 0 fully saturated rings. The molecular weight excluding hydrogens is 292 g/mol. The van der Waals surface area contributed by atoms with Gasteiger partial charge in [-0.15, -0.1) is 0 Å². The molecule has 2 heterocycles. The van der Waals surface area contributed by atoms with E-state index in [0.29, 0.717) is 5.75 Å². The van der Waals surface area contributed by atoms with Crippen molar-refractivity contribution >= 4 is 0 Å². The highest BCUT2D eigenvalue weighted by molar-refractivity contribution is 5.61. The van der Waals surface area contributed by atoms with Gasteiger partial charge in [0.1, 0.15) is 11.6 Å². The van der Waals surface area contributed by atoms with Crippen LogP contribution in [0.4, 0.5) is 0 Å². The van der Waals surface area contributed by atoms with Gasteiger partial charge >= 0.3 is 0 Å². The first-order chi connectivity index (χ1) is 11.2. The summed E-state index contributed by atoms with van der Waals surface area (Å²) in [5.74, 6) is 2.39. The lowest BCUT2D eigenvalue weighted by Gasteiger charge is -2.16. The number of phenolic OH excluding ortho intramolecular Hbond substituents is 1. The molecular formula is C18H20N2O3. The zero-order valence-corrected chi connectivity index (χ0v) is 13.3. The van der Waals surface area contributed by atoms with Crippen LogP contribution >= 0.6 is 0 Å². The molecule has 1 aromatic carbocycles. The van der Waals surface area contributed by atoms with Crippen molar-refractivity contribution in [3.05, 3.63) is 54.7 Å². The van der Waals surface area contributed by atoms with Gasteiger partial charge in [-0.25, -0.2) is 4.98 Å². The molecule has 2 aromatic heterocycles. The van der Waals surface area contributed by atoms with Gasteiger partial charge in [-0.1, -0.05) is 0 Å². The summed E-state index contributed by atoms with van der Waals surface area (Å²) >= 11 is 0. The number of benzene rings is 1.